The number of hydrogen-bond donors (Lipinski definition) is 1. The van der Waals surface area contributed by atoms with Crippen molar-refractivity contribution in [3.8, 4) is 0 Å². The minimum Gasteiger partial charge on any atom is -0.346 e. The predicted octanol–water partition coefficient (Wildman–Crippen LogP) is 2.83. The minimum absolute atomic E-state index is 0.793. The monoisotopic (exact) mass is 241 g/mol. The summed E-state index contributed by atoms with van der Waals surface area (Å²) in [5.41, 5.74) is 0. The van der Waals surface area contributed by atoms with Crippen LogP contribution in [-0.4, -0.2) is 23.3 Å². The molecular weight excluding hydrogens is 226 g/mol. The Kier molecular flexibility index (Phi) is 2.52. The highest BCUT2D eigenvalue weighted by Gasteiger charge is 2.30. The molecule has 1 aromatic rings. The zero-order valence-corrected chi connectivity index (χ0v) is 10.2. The Morgan fingerprint density at radius 2 is 1.87 bits per heavy atom. The summed E-state index contributed by atoms with van der Waals surface area (Å²) in [6.07, 6.45) is 5.60. The lowest BCUT2D eigenvalue weighted by atomic mass is 10.3. The molecule has 0 saturated heterocycles. The van der Waals surface area contributed by atoms with E-state index in [-0.39, 0.29) is 0 Å². The number of nitrogens with one attached hydrogen (secondary N) is 1. The first-order chi connectivity index (χ1) is 7.31. The van der Waals surface area contributed by atoms with Crippen LogP contribution in [0.15, 0.2) is 0 Å². The van der Waals surface area contributed by atoms with Crippen LogP contribution in [-0.2, 0) is 0 Å². The summed E-state index contributed by atoms with van der Waals surface area (Å²) in [4.78, 5) is 2.44. The van der Waals surface area contributed by atoms with Crippen LogP contribution < -0.4 is 4.90 Å². The molecule has 0 unspecified atom stereocenters. The van der Waals surface area contributed by atoms with Crippen molar-refractivity contribution < 1.29 is 0 Å². The van der Waals surface area contributed by atoms with E-state index < -0.39 is 0 Å². The van der Waals surface area contributed by atoms with Gasteiger partial charge in [-0.05, 0) is 49.7 Å². The van der Waals surface area contributed by atoms with E-state index in [1.807, 2.05) is 0 Å². The number of aromatic amines is 1. The molecule has 82 valence electrons. The highest BCUT2D eigenvalue weighted by atomic mass is 32.1. The largest absolute Gasteiger partial charge is 0.346 e. The minimum atomic E-state index is 0.793. The highest BCUT2D eigenvalue weighted by Crippen LogP contribution is 2.36. The Morgan fingerprint density at radius 3 is 2.27 bits per heavy atom. The molecule has 0 radical (unpaired) electrons. The number of rotatable bonds is 5. The third-order valence-electron chi connectivity index (χ3n) is 3.05. The number of aromatic nitrogens is 2. The molecule has 2 aliphatic rings. The standard InChI is InChI=1S/C10H15N3S2/c14-10-12-11-9(15-10)13(5-7-1-2-7)6-8-3-4-8/h7-8H,1-6H2,(H,12,14). The van der Waals surface area contributed by atoms with E-state index in [1.165, 1.54) is 38.8 Å². The van der Waals surface area contributed by atoms with E-state index in [0.717, 1.165) is 20.9 Å². The third kappa shape index (κ3) is 2.58. The van der Waals surface area contributed by atoms with Crippen LogP contribution in [0.3, 0.4) is 0 Å². The number of H-pyrrole nitrogens is 1. The third-order valence-corrected chi connectivity index (χ3v) is 4.20. The summed E-state index contributed by atoms with van der Waals surface area (Å²) in [7, 11) is 0. The maximum atomic E-state index is 5.08. The van der Waals surface area contributed by atoms with Gasteiger partial charge < -0.3 is 4.90 Å². The molecule has 2 saturated carbocycles. The van der Waals surface area contributed by atoms with Crippen molar-refractivity contribution in [2.75, 3.05) is 18.0 Å². The van der Waals surface area contributed by atoms with Gasteiger partial charge in [-0.25, -0.2) is 0 Å². The second-order valence-electron chi connectivity index (χ2n) is 4.69. The Labute approximate surface area is 98.5 Å². The number of hydrogen-bond acceptors (Lipinski definition) is 4. The van der Waals surface area contributed by atoms with Crippen LogP contribution in [0, 0.1) is 15.8 Å². The van der Waals surface area contributed by atoms with Crippen molar-refractivity contribution in [2.45, 2.75) is 25.7 Å². The van der Waals surface area contributed by atoms with Crippen LogP contribution in [0.4, 0.5) is 5.13 Å². The maximum absolute atomic E-state index is 5.08. The van der Waals surface area contributed by atoms with Gasteiger partial charge in [-0.3, -0.25) is 5.10 Å². The average Bonchev–Trinajstić information content (AvgIpc) is 3.11. The van der Waals surface area contributed by atoms with Gasteiger partial charge in [0.05, 0.1) is 0 Å². The van der Waals surface area contributed by atoms with E-state index in [0.29, 0.717) is 0 Å². The van der Waals surface area contributed by atoms with E-state index in [4.69, 9.17) is 12.2 Å². The van der Waals surface area contributed by atoms with Crippen LogP contribution in [0.25, 0.3) is 0 Å². The molecule has 0 aromatic carbocycles. The number of anilines is 1. The first-order valence-corrected chi connectivity index (χ1v) is 6.84. The lowest BCUT2D eigenvalue weighted by molar-refractivity contribution is 0.674. The molecule has 0 spiro atoms. The molecule has 0 atom stereocenters. The Hall–Kier alpha value is -0.420. The summed E-state index contributed by atoms with van der Waals surface area (Å²) >= 11 is 6.69. The van der Waals surface area contributed by atoms with E-state index in [9.17, 15) is 0 Å². The van der Waals surface area contributed by atoms with Crippen molar-refractivity contribution in [1.29, 1.82) is 0 Å². The van der Waals surface area contributed by atoms with E-state index in [1.54, 1.807) is 11.3 Å². The summed E-state index contributed by atoms with van der Waals surface area (Å²) in [5, 5.41) is 8.27. The highest BCUT2D eigenvalue weighted by molar-refractivity contribution is 7.73. The normalized spacial score (nSPS) is 20.5. The van der Waals surface area contributed by atoms with Gasteiger partial charge in [0.1, 0.15) is 0 Å². The van der Waals surface area contributed by atoms with E-state index >= 15 is 0 Å². The quantitative estimate of drug-likeness (QED) is 0.804. The Balaban J connectivity index is 1.71. The molecule has 1 aromatic heterocycles. The molecule has 0 aliphatic heterocycles. The second kappa shape index (κ2) is 3.87. The fourth-order valence-corrected chi connectivity index (χ4v) is 2.71. The van der Waals surface area contributed by atoms with Gasteiger partial charge in [0.2, 0.25) is 5.13 Å². The molecule has 3 rings (SSSR count). The van der Waals surface area contributed by atoms with Crippen LogP contribution >= 0.6 is 23.6 Å². The molecule has 2 aliphatic carbocycles. The van der Waals surface area contributed by atoms with Crippen molar-refractivity contribution in [1.82, 2.24) is 10.2 Å². The van der Waals surface area contributed by atoms with Crippen molar-refractivity contribution >= 4 is 28.7 Å². The molecule has 0 bridgehead atoms. The smallest absolute Gasteiger partial charge is 0.206 e. The molecule has 15 heavy (non-hydrogen) atoms. The van der Waals surface area contributed by atoms with Crippen molar-refractivity contribution in [2.24, 2.45) is 11.8 Å². The van der Waals surface area contributed by atoms with Crippen molar-refractivity contribution in [3.63, 3.8) is 0 Å². The lowest BCUT2D eigenvalue weighted by Crippen LogP contribution is -2.27. The van der Waals surface area contributed by atoms with Gasteiger partial charge in [-0.15, -0.1) is 5.10 Å². The van der Waals surface area contributed by atoms with Crippen LogP contribution in [0.2, 0.25) is 0 Å². The zero-order chi connectivity index (χ0) is 10.3. The molecule has 1 heterocycles. The first kappa shape index (κ1) is 9.78. The number of nitrogens with zero attached hydrogens (tertiary/aromatic N) is 2. The molecular formula is C10H15N3S2. The summed E-state index contributed by atoms with van der Waals surface area (Å²) in [5.74, 6) is 1.84. The lowest BCUT2D eigenvalue weighted by Gasteiger charge is -2.20. The first-order valence-electron chi connectivity index (χ1n) is 5.62. The summed E-state index contributed by atoms with van der Waals surface area (Å²) < 4.78 is 0.793. The molecule has 3 nitrogen and oxygen atoms in total. The zero-order valence-electron chi connectivity index (χ0n) is 8.61. The molecule has 1 N–H and O–H groups in total. The van der Waals surface area contributed by atoms with Gasteiger partial charge in [-0.2, -0.15) is 0 Å². The molecule has 5 heteroatoms. The molecule has 0 amide bonds. The summed E-state index contributed by atoms with van der Waals surface area (Å²) in [6.45, 7) is 2.37. The van der Waals surface area contributed by atoms with Gasteiger partial charge >= 0.3 is 0 Å². The van der Waals surface area contributed by atoms with Crippen LogP contribution in [0.5, 0.6) is 0 Å². The maximum Gasteiger partial charge on any atom is 0.206 e. The fourth-order valence-electron chi connectivity index (χ4n) is 1.81. The Morgan fingerprint density at radius 1 is 1.27 bits per heavy atom. The van der Waals surface area contributed by atoms with E-state index in [2.05, 4.69) is 15.1 Å². The Bertz CT molecular complexity index is 375. The SMILES string of the molecule is S=c1[nH]nc(N(CC2CC2)CC2CC2)s1. The average molecular weight is 241 g/mol. The predicted molar refractivity (Wildman–Crippen MR) is 65.0 cm³/mol. The van der Waals surface area contributed by atoms with Crippen LogP contribution in [0.1, 0.15) is 25.7 Å². The topological polar surface area (TPSA) is 31.9 Å². The van der Waals surface area contributed by atoms with Gasteiger partial charge in [0, 0.05) is 13.1 Å². The summed E-state index contributed by atoms with van der Waals surface area (Å²) in [6, 6.07) is 0. The van der Waals surface area contributed by atoms with Crippen molar-refractivity contribution in [3.05, 3.63) is 3.95 Å². The molecule has 2 fully saturated rings. The fraction of sp³-hybridized carbons (Fsp3) is 0.800. The van der Waals surface area contributed by atoms with Gasteiger partial charge in [-0.1, -0.05) is 11.3 Å². The van der Waals surface area contributed by atoms with Gasteiger partial charge in [0.15, 0.2) is 3.95 Å². The van der Waals surface area contributed by atoms with Gasteiger partial charge in [0.25, 0.3) is 0 Å². The second-order valence-corrected chi connectivity index (χ2v) is 6.33.